The monoisotopic (exact) mass is 218 g/mol. The number of halogens is 1. The van der Waals surface area contributed by atoms with Gasteiger partial charge in [0.2, 0.25) is 0 Å². The van der Waals surface area contributed by atoms with Crippen LogP contribution in [0.15, 0.2) is 18.2 Å². The maximum absolute atomic E-state index is 13.7. The van der Waals surface area contributed by atoms with Crippen molar-refractivity contribution < 1.29 is 4.39 Å². The summed E-state index contributed by atoms with van der Waals surface area (Å²) in [4.78, 5) is 1.97. The summed E-state index contributed by atoms with van der Waals surface area (Å²) < 4.78 is 13.7. The third-order valence-electron chi connectivity index (χ3n) is 3.37. The number of benzene rings is 1. The molecule has 1 aromatic rings. The fourth-order valence-electron chi connectivity index (χ4n) is 1.98. The Morgan fingerprint density at radius 2 is 2.19 bits per heavy atom. The summed E-state index contributed by atoms with van der Waals surface area (Å²) in [5.41, 5.74) is 0.951. The van der Waals surface area contributed by atoms with E-state index >= 15 is 0 Å². The molecule has 1 atom stereocenters. The molecule has 0 saturated heterocycles. The van der Waals surface area contributed by atoms with Crippen molar-refractivity contribution >= 4 is 5.69 Å². The minimum atomic E-state index is -0.311. The topological polar surface area (TPSA) is 27.0 Å². The average molecular weight is 218 g/mol. The predicted octanol–water partition coefficient (Wildman–Crippen LogP) is 2.93. The van der Waals surface area contributed by atoms with Crippen LogP contribution in [-0.2, 0) is 0 Å². The highest BCUT2D eigenvalue weighted by molar-refractivity contribution is 5.51. The summed E-state index contributed by atoms with van der Waals surface area (Å²) >= 11 is 0. The molecule has 1 aromatic carbocycles. The normalized spacial score (nSPS) is 16.6. The van der Waals surface area contributed by atoms with E-state index in [9.17, 15) is 4.39 Å². The summed E-state index contributed by atoms with van der Waals surface area (Å²) in [6, 6.07) is 6.95. The van der Waals surface area contributed by atoms with E-state index in [-0.39, 0.29) is 5.82 Å². The van der Waals surface area contributed by atoms with Gasteiger partial charge < -0.3 is 4.90 Å². The second-order valence-corrected chi connectivity index (χ2v) is 4.47. The van der Waals surface area contributed by atoms with Gasteiger partial charge in [-0.3, -0.25) is 0 Å². The first kappa shape index (κ1) is 10.9. The first-order valence-electron chi connectivity index (χ1n) is 5.56. The molecule has 1 aliphatic rings. The third kappa shape index (κ3) is 2.01. The molecular formula is C13H15FN2. The number of nitriles is 1. The number of hydrogen-bond acceptors (Lipinski definition) is 2. The van der Waals surface area contributed by atoms with Gasteiger partial charge in [-0.25, -0.2) is 4.39 Å². The summed E-state index contributed by atoms with van der Waals surface area (Å²) in [5, 5.41) is 8.67. The molecule has 0 N–H and O–H groups in total. The maximum Gasteiger partial charge on any atom is 0.147 e. The van der Waals surface area contributed by atoms with E-state index in [0.29, 0.717) is 23.2 Å². The van der Waals surface area contributed by atoms with Crippen molar-refractivity contribution in [2.75, 3.05) is 11.9 Å². The minimum Gasteiger partial charge on any atom is -0.369 e. The molecule has 16 heavy (non-hydrogen) atoms. The fourth-order valence-corrected chi connectivity index (χ4v) is 1.98. The van der Waals surface area contributed by atoms with E-state index in [2.05, 4.69) is 6.92 Å². The molecule has 1 aliphatic carbocycles. The summed E-state index contributed by atoms with van der Waals surface area (Å²) in [6.07, 6.45) is 2.48. The molecule has 2 rings (SSSR count). The van der Waals surface area contributed by atoms with Gasteiger partial charge in [-0.2, -0.15) is 5.26 Å². The van der Waals surface area contributed by atoms with Crippen LogP contribution in [0.1, 0.15) is 25.3 Å². The van der Waals surface area contributed by atoms with Crippen LogP contribution in [0.2, 0.25) is 0 Å². The lowest BCUT2D eigenvalue weighted by atomic mass is 10.1. The van der Waals surface area contributed by atoms with Gasteiger partial charge >= 0.3 is 0 Å². The Labute approximate surface area is 95.3 Å². The molecule has 1 saturated carbocycles. The van der Waals surface area contributed by atoms with Crippen molar-refractivity contribution in [3.8, 4) is 6.07 Å². The average Bonchev–Trinajstić information content (AvgIpc) is 3.10. The zero-order chi connectivity index (χ0) is 11.7. The van der Waals surface area contributed by atoms with E-state index in [1.54, 1.807) is 12.1 Å². The highest BCUT2D eigenvalue weighted by Crippen LogP contribution is 2.36. The van der Waals surface area contributed by atoms with E-state index < -0.39 is 0 Å². The Morgan fingerprint density at radius 1 is 1.50 bits per heavy atom. The first-order valence-corrected chi connectivity index (χ1v) is 5.56. The molecule has 84 valence electrons. The van der Waals surface area contributed by atoms with Crippen molar-refractivity contribution in [3.05, 3.63) is 29.6 Å². The fraction of sp³-hybridized carbons (Fsp3) is 0.462. The van der Waals surface area contributed by atoms with Gasteiger partial charge in [0.25, 0.3) is 0 Å². The van der Waals surface area contributed by atoms with Crippen LogP contribution >= 0.6 is 0 Å². The van der Waals surface area contributed by atoms with Crippen LogP contribution < -0.4 is 4.90 Å². The number of nitrogens with zero attached hydrogens (tertiary/aromatic N) is 2. The second kappa shape index (κ2) is 4.13. The summed E-state index contributed by atoms with van der Waals surface area (Å²) in [7, 11) is 1.91. The van der Waals surface area contributed by atoms with Gasteiger partial charge in [0.1, 0.15) is 5.82 Å². The molecule has 0 amide bonds. The number of rotatable bonds is 3. The Bertz CT molecular complexity index is 432. The van der Waals surface area contributed by atoms with Gasteiger partial charge in [0, 0.05) is 13.1 Å². The van der Waals surface area contributed by atoms with Crippen LogP contribution in [0.25, 0.3) is 0 Å². The highest BCUT2D eigenvalue weighted by atomic mass is 19.1. The van der Waals surface area contributed by atoms with Crippen molar-refractivity contribution in [1.82, 2.24) is 0 Å². The molecule has 0 aromatic heterocycles. The quantitative estimate of drug-likeness (QED) is 0.780. The van der Waals surface area contributed by atoms with E-state index in [1.807, 2.05) is 18.0 Å². The van der Waals surface area contributed by atoms with Crippen LogP contribution in [0.3, 0.4) is 0 Å². The molecule has 1 fully saturated rings. The molecular weight excluding hydrogens is 203 g/mol. The lowest BCUT2D eigenvalue weighted by Crippen LogP contribution is -2.31. The smallest absolute Gasteiger partial charge is 0.147 e. The molecule has 0 aliphatic heterocycles. The minimum absolute atomic E-state index is 0.311. The Kier molecular flexibility index (Phi) is 2.82. The zero-order valence-corrected chi connectivity index (χ0v) is 9.57. The van der Waals surface area contributed by atoms with Gasteiger partial charge in [-0.15, -0.1) is 0 Å². The van der Waals surface area contributed by atoms with Crippen molar-refractivity contribution in [2.24, 2.45) is 5.92 Å². The molecule has 1 unspecified atom stereocenters. The Morgan fingerprint density at radius 3 is 2.69 bits per heavy atom. The Balaban J connectivity index is 2.22. The molecule has 0 spiro atoms. The third-order valence-corrected chi connectivity index (χ3v) is 3.37. The van der Waals surface area contributed by atoms with Gasteiger partial charge in [0.05, 0.1) is 17.3 Å². The number of anilines is 1. The maximum atomic E-state index is 13.7. The highest BCUT2D eigenvalue weighted by Gasteiger charge is 2.31. The van der Waals surface area contributed by atoms with E-state index in [1.165, 1.54) is 18.9 Å². The van der Waals surface area contributed by atoms with Crippen molar-refractivity contribution in [3.63, 3.8) is 0 Å². The van der Waals surface area contributed by atoms with Gasteiger partial charge in [0.15, 0.2) is 0 Å². The molecule has 0 radical (unpaired) electrons. The zero-order valence-electron chi connectivity index (χ0n) is 9.57. The second-order valence-electron chi connectivity index (χ2n) is 4.47. The van der Waals surface area contributed by atoms with Crippen LogP contribution in [0.4, 0.5) is 10.1 Å². The van der Waals surface area contributed by atoms with Crippen LogP contribution in [0, 0.1) is 23.1 Å². The van der Waals surface area contributed by atoms with E-state index in [4.69, 9.17) is 5.26 Å². The lowest BCUT2D eigenvalue weighted by Gasteiger charge is -2.27. The van der Waals surface area contributed by atoms with Crippen LogP contribution in [-0.4, -0.2) is 13.1 Å². The summed E-state index contributed by atoms with van der Waals surface area (Å²) in [5.74, 6) is 0.383. The van der Waals surface area contributed by atoms with E-state index in [0.717, 1.165) is 0 Å². The summed E-state index contributed by atoms with van der Waals surface area (Å²) in [6.45, 7) is 2.12. The SMILES string of the molecule is CC(C1CC1)N(C)c1ccc(C#N)cc1F. The van der Waals surface area contributed by atoms with Gasteiger partial charge in [-0.1, -0.05) is 0 Å². The first-order chi connectivity index (χ1) is 7.63. The molecule has 2 nitrogen and oxygen atoms in total. The molecule has 0 heterocycles. The standard InChI is InChI=1S/C13H15FN2/c1-9(11-4-5-11)16(2)13-6-3-10(8-15)7-12(13)14/h3,6-7,9,11H,4-5H2,1-2H3. The lowest BCUT2D eigenvalue weighted by molar-refractivity contribution is 0.576. The largest absolute Gasteiger partial charge is 0.369 e. The van der Waals surface area contributed by atoms with Crippen molar-refractivity contribution in [2.45, 2.75) is 25.8 Å². The predicted molar refractivity (Wildman–Crippen MR) is 61.7 cm³/mol. The molecule has 3 heteroatoms. The van der Waals surface area contributed by atoms with Crippen molar-refractivity contribution in [1.29, 1.82) is 5.26 Å². The van der Waals surface area contributed by atoms with Crippen LogP contribution in [0.5, 0.6) is 0 Å². The molecule has 0 bridgehead atoms. The Hall–Kier alpha value is -1.56. The number of hydrogen-bond donors (Lipinski definition) is 0. The van der Waals surface area contributed by atoms with Gasteiger partial charge in [-0.05, 0) is 43.9 Å².